The highest BCUT2D eigenvalue weighted by atomic mass is 35.5. The summed E-state index contributed by atoms with van der Waals surface area (Å²) in [6, 6.07) is 0. The van der Waals surface area contributed by atoms with Gasteiger partial charge in [0.2, 0.25) is 5.91 Å². The first-order chi connectivity index (χ1) is 8.91. The molecule has 2 rings (SSSR count). The fourth-order valence-corrected chi connectivity index (χ4v) is 4.04. The molecule has 1 heterocycles. The van der Waals surface area contributed by atoms with E-state index in [9.17, 15) is 4.79 Å². The summed E-state index contributed by atoms with van der Waals surface area (Å²) in [5.41, 5.74) is 5.96. The van der Waals surface area contributed by atoms with E-state index in [2.05, 4.69) is 25.7 Å². The van der Waals surface area contributed by atoms with E-state index in [1.54, 1.807) is 0 Å². The number of likely N-dealkylation sites (tertiary alicyclic amines) is 1. The maximum atomic E-state index is 13.0. The summed E-state index contributed by atoms with van der Waals surface area (Å²) < 4.78 is 0. The number of carbonyl (C=O) groups excluding carboxylic acids is 1. The van der Waals surface area contributed by atoms with E-state index in [0.29, 0.717) is 18.4 Å². The van der Waals surface area contributed by atoms with Crippen molar-refractivity contribution >= 4 is 18.3 Å². The van der Waals surface area contributed by atoms with Gasteiger partial charge in [0.05, 0.1) is 0 Å². The molecule has 2 N–H and O–H groups in total. The highest BCUT2D eigenvalue weighted by Gasteiger charge is 2.46. The van der Waals surface area contributed by atoms with Crippen LogP contribution in [0.2, 0.25) is 0 Å². The van der Waals surface area contributed by atoms with Gasteiger partial charge >= 0.3 is 0 Å². The van der Waals surface area contributed by atoms with Crippen LogP contribution in [0.3, 0.4) is 0 Å². The maximum Gasteiger partial charge on any atom is 0.228 e. The predicted octanol–water partition coefficient (Wildman–Crippen LogP) is 3.21. The lowest BCUT2D eigenvalue weighted by molar-refractivity contribution is -0.142. The molecule has 1 saturated carbocycles. The largest absolute Gasteiger partial charge is 0.342 e. The smallest absolute Gasteiger partial charge is 0.228 e. The van der Waals surface area contributed by atoms with Crippen LogP contribution in [-0.2, 0) is 4.79 Å². The van der Waals surface area contributed by atoms with Gasteiger partial charge in [-0.05, 0) is 43.6 Å². The second kappa shape index (κ2) is 6.65. The van der Waals surface area contributed by atoms with E-state index in [0.717, 1.165) is 38.8 Å². The first-order valence-corrected chi connectivity index (χ1v) is 7.90. The monoisotopic (exact) mass is 302 g/mol. The molecule has 1 amide bonds. The third kappa shape index (κ3) is 3.48. The van der Waals surface area contributed by atoms with E-state index in [4.69, 9.17) is 5.73 Å². The van der Waals surface area contributed by atoms with Crippen molar-refractivity contribution in [2.24, 2.45) is 22.5 Å². The van der Waals surface area contributed by atoms with Crippen LogP contribution in [0.25, 0.3) is 0 Å². The van der Waals surface area contributed by atoms with Crippen molar-refractivity contribution in [3.63, 3.8) is 0 Å². The third-order valence-corrected chi connectivity index (χ3v) is 5.15. The predicted molar refractivity (Wildman–Crippen MR) is 86.0 cm³/mol. The molecule has 0 bridgehead atoms. The number of carbonyl (C=O) groups is 1. The van der Waals surface area contributed by atoms with Crippen molar-refractivity contribution in [1.82, 2.24) is 4.90 Å². The standard InChI is InChI=1S/C16H30N2O.ClH/c1-13(2)10-16(6-4-5-7-16)14(19)18-9-8-15(3,11-17)12-18;/h13H,4-12,17H2,1-3H3;1H. The van der Waals surface area contributed by atoms with Gasteiger partial charge in [-0.1, -0.05) is 33.6 Å². The van der Waals surface area contributed by atoms with E-state index < -0.39 is 0 Å². The van der Waals surface area contributed by atoms with Crippen molar-refractivity contribution in [2.75, 3.05) is 19.6 Å². The zero-order valence-corrected chi connectivity index (χ0v) is 14.1. The van der Waals surface area contributed by atoms with Gasteiger partial charge in [-0.3, -0.25) is 4.79 Å². The molecule has 0 aromatic rings. The summed E-state index contributed by atoms with van der Waals surface area (Å²) in [6.07, 6.45) is 6.76. The first kappa shape index (κ1) is 17.8. The minimum atomic E-state index is -0.0476. The Balaban J connectivity index is 0.00000200. The molecule has 1 saturated heterocycles. The number of hydrogen-bond acceptors (Lipinski definition) is 2. The van der Waals surface area contributed by atoms with Crippen molar-refractivity contribution < 1.29 is 4.79 Å². The number of amides is 1. The molecular weight excluding hydrogens is 272 g/mol. The van der Waals surface area contributed by atoms with Gasteiger partial charge < -0.3 is 10.6 Å². The Labute approximate surface area is 130 Å². The lowest BCUT2D eigenvalue weighted by Gasteiger charge is -2.34. The van der Waals surface area contributed by atoms with Gasteiger partial charge in [0.25, 0.3) is 0 Å². The minimum absolute atomic E-state index is 0. The normalized spacial score (nSPS) is 28.8. The average molecular weight is 303 g/mol. The van der Waals surface area contributed by atoms with E-state index in [1.807, 2.05) is 0 Å². The molecule has 0 radical (unpaired) electrons. The van der Waals surface area contributed by atoms with Gasteiger partial charge in [-0.15, -0.1) is 12.4 Å². The number of nitrogens with zero attached hydrogens (tertiary/aromatic N) is 1. The van der Waals surface area contributed by atoms with Crippen molar-refractivity contribution in [2.45, 2.75) is 59.3 Å². The minimum Gasteiger partial charge on any atom is -0.342 e. The fourth-order valence-electron chi connectivity index (χ4n) is 4.04. The lowest BCUT2D eigenvalue weighted by atomic mass is 9.77. The molecule has 1 atom stereocenters. The molecule has 0 spiro atoms. The number of halogens is 1. The Kier molecular flexibility index (Phi) is 5.91. The summed E-state index contributed by atoms with van der Waals surface area (Å²) in [5, 5.41) is 0. The molecule has 4 heteroatoms. The maximum absolute atomic E-state index is 13.0. The zero-order valence-electron chi connectivity index (χ0n) is 13.3. The van der Waals surface area contributed by atoms with Crippen LogP contribution in [0.15, 0.2) is 0 Å². The molecule has 3 nitrogen and oxygen atoms in total. The van der Waals surface area contributed by atoms with E-state index in [1.165, 1.54) is 12.8 Å². The summed E-state index contributed by atoms with van der Waals surface area (Å²) in [5.74, 6) is 1.03. The molecule has 0 aromatic carbocycles. The number of hydrogen-bond donors (Lipinski definition) is 1. The molecule has 118 valence electrons. The van der Waals surface area contributed by atoms with Crippen LogP contribution in [-0.4, -0.2) is 30.4 Å². The first-order valence-electron chi connectivity index (χ1n) is 7.90. The summed E-state index contributed by atoms with van der Waals surface area (Å²) >= 11 is 0. The molecule has 2 fully saturated rings. The summed E-state index contributed by atoms with van der Waals surface area (Å²) in [4.78, 5) is 15.1. The van der Waals surface area contributed by atoms with Gasteiger partial charge in [0, 0.05) is 18.5 Å². The topological polar surface area (TPSA) is 46.3 Å². The number of rotatable bonds is 4. The quantitative estimate of drug-likeness (QED) is 0.867. The second-order valence-corrected chi connectivity index (χ2v) is 7.58. The van der Waals surface area contributed by atoms with Crippen LogP contribution in [0, 0.1) is 16.7 Å². The van der Waals surface area contributed by atoms with Crippen LogP contribution < -0.4 is 5.73 Å². The third-order valence-electron chi connectivity index (χ3n) is 5.15. The van der Waals surface area contributed by atoms with Gasteiger partial charge in [-0.2, -0.15) is 0 Å². The highest BCUT2D eigenvalue weighted by molar-refractivity contribution is 5.85. The van der Waals surface area contributed by atoms with E-state index >= 15 is 0 Å². The molecular formula is C16H31ClN2O. The van der Waals surface area contributed by atoms with Gasteiger partial charge in [-0.25, -0.2) is 0 Å². The Morgan fingerprint density at radius 1 is 1.25 bits per heavy atom. The van der Waals surface area contributed by atoms with Gasteiger partial charge in [0.1, 0.15) is 0 Å². The second-order valence-electron chi connectivity index (χ2n) is 7.58. The summed E-state index contributed by atoms with van der Waals surface area (Å²) in [7, 11) is 0. The van der Waals surface area contributed by atoms with Crippen LogP contribution in [0.5, 0.6) is 0 Å². The van der Waals surface area contributed by atoms with Crippen LogP contribution >= 0.6 is 12.4 Å². The Hall–Kier alpha value is -0.280. The molecule has 0 aromatic heterocycles. The van der Waals surface area contributed by atoms with E-state index in [-0.39, 0.29) is 23.2 Å². The SMILES string of the molecule is CC(C)CC1(C(=O)N2CCC(C)(CN)C2)CCCC1.Cl. The fraction of sp³-hybridized carbons (Fsp3) is 0.938. The Bertz CT molecular complexity index is 339. The molecule has 1 unspecified atom stereocenters. The molecule has 1 aliphatic carbocycles. The number of nitrogens with two attached hydrogens (primary N) is 1. The van der Waals surface area contributed by atoms with Crippen molar-refractivity contribution in [3.05, 3.63) is 0 Å². The Morgan fingerprint density at radius 3 is 2.30 bits per heavy atom. The van der Waals surface area contributed by atoms with Crippen LogP contribution in [0.1, 0.15) is 59.3 Å². The van der Waals surface area contributed by atoms with Gasteiger partial charge in [0.15, 0.2) is 0 Å². The zero-order chi connectivity index (χ0) is 14.1. The molecule has 1 aliphatic heterocycles. The molecule has 2 aliphatic rings. The lowest BCUT2D eigenvalue weighted by Crippen LogP contribution is -2.43. The molecule has 20 heavy (non-hydrogen) atoms. The average Bonchev–Trinajstić information content (AvgIpc) is 2.96. The highest BCUT2D eigenvalue weighted by Crippen LogP contribution is 2.46. The summed E-state index contributed by atoms with van der Waals surface area (Å²) in [6.45, 7) is 9.15. The van der Waals surface area contributed by atoms with Crippen LogP contribution in [0.4, 0.5) is 0 Å². The Morgan fingerprint density at radius 2 is 1.85 bits per heavy atom. The van der Waals surface area contributed by atoms with Crippen molar-refractivity contribution in [3.8, 4) is 0 Å². The van der Waals surface area contributed by atoms with Crippen molar-refractivity contribution in [1.29, 1.82) is 0 Å².